The van der Waals surface area contributed by atoms with Gasteiger partial charge < -0.3 is 15.6 Å². The summed E-state index contributed by atoms with van der Waals surface area (Å²) in [5.41, 5.74) is 6.61. The number of likely N-dealkylation sites (tertiary alicyclic amines) is 1. The van der Waals surface area contributed by atoms with Gasteiger partial charge in [0.1, 0.15) is 12.4 Å². The van der Waals surface area contributed by atoms with Crippen molar-refractivity contribution in [2.75, 3.05) is 26.2 Å². The maximum absolute atomic E-state index is 9.60. The van der Waals surface area contributed by atoms with Crippen molar-refractivity contribution in [3.8, 4) is 5.75 Å². The maximum Gasteiger partial charge on any atom is 0.119 e. The van der Waals surface area contributed by atoms with Gasteiger partial charge in [-0.2, -0.15) is 0 Å². The Morgan fingerprint density at radius 3 is 2.80 bits per heavy atom. The molecule has 0 radical (unpaired) electrons. The van der Waals surface area contributed by atoms with E-state index in [-0.39, 0.29) is 6.10 Å². The zero-order valence-corrected chi connectivity index (χ0v) is 12.4. The summed E-state index contributed by atoms with van der Waals surface area (Å²) in [7, 11) is 0. The molecule has 1 aliphatic heterocycles. The van der Waals surface area contributed by atoms with E-state index in [4.69, 9.17) is 22.7 Å². The molecule has 0 amide bonds. The zero-order valence-electron chi connectivity index (χ0n) is 11.6. The smallest absolute Gasteiger partial charge is 0.119 e. The standard InChI is InChI=1S/C15H22N2O2S/c16-15(20)10-12-3-5-14(6-4-12)19-9-8-17-7-1-2-13(18)11-17/h3-6,13,18H,1-2,7-11H2,(H2,16,20). The van der Waals surface area contributed by atoms with Crippen molar-refractivity contribution >= 4 is 17.2 Å². The molecule has 3 N–H and O–H groups in total. The predicted molar refractivity (Wildman–Crippen MR) is 84.1 cm³/mol. The molecule has 0 saturated carbocycles. The second-order valence-electron chi connectivity index (χ2n) is 5.23. The monoisotopic (exact) mass is 294 g/mol. The first-order chi connectivity index (χ1) is 9.63. The summed E-state index contributed by atoms with van der Waals surface area (Å²) in [6, 6.07) is 7.86. The van der Waals surface area contributed by atoms with Gasteiger partial charge in [0.15, 0.2) is 0 Å². The van der Waals surface area contributed by atoms with E-state index in [0.717, 1.165) is 43.8 Å². The second kappa shape index (κ2) is 7.57. The molecule has 0 aliphatic carbocycles. The Labute approximate surface area is 125 Å². The average Bonchev–Trinajstić information content (AvgIpc) is 2.40. The molecular formula is C15H22N2O2S. The summed E-state index contributed by atoms with van der Waals surface area (Å²) in [5, 5.41) is 9.60. The lowest BCUT2D eigenvalue weighted by Gasteiger charge is -2.29. The summed E-state index contributed by atoms with van der Waals surface area (Å²) in [6.45, 7) is 3.30. The van der Waals surface area contributed by atoms with Crippen molar-refractivity contribution in [1.29, 1.82) is 0 Å². The number of piperidine rings is 1. The Morgan fingerprint density at radius 1 is 1.40 bits per heavy atom. The first-order valence-corrected chi connectivity index (χ1v) is 7.45. The molecule has 2 rings (SSSR count). The Kier molecular flexibility index (Phi) is 5.76. The molecule has 4 nitrogen and oxygen atoms in total. The van der Waals surface area contributed by atoms with E-state index in [0.29, 0.717) is 18.0 Å². The van der Waals surface area contributed by atoms with E-state index in [1.807, 2.05) is 24.3 Å². The summed E-state index contributed by atoms with van der Waals surface area (Å²) >= 11 is 4.88. The van der Waals surface area contributed by atoms with E-state index in [1.54, 1.807) is 0 Å². The molecule has 1 aromatic rings. The number of aliphatic hydroxyl groups excluding tert-OH is 1. The SMILES string of the molecule is NC(=S)Cc1ccc(OCCN2CCCC(O)C2)cc1. The van der Waals surface area contributed by atoms with Crippen LogP contribution in [0.25, 0.3) is 0 Å². The number of hydrogen-bond donors (Lipinski definition) is 2. The molecule has 1 saturated heterocycles. The minimum Gasteiger partial charge on any atom is -0.492 e. The molecule has 1 heterocycles. The first kappa shape index (κ1) is 15.2. The number of aliphatic hydroxyl groups is 1. The minimum absolute atomic E-state index is 0.178. The molecule has 0 spiro atoms. The highest BCUT2D eigenvalue weighted by atomic mass is 32.1. The first-order valence-electron chi connectivity index (χ1n) is 7.04. The van der Waals surface area contributed by atoms with Crippen LogP contribution in [0.1, 0.15) is 18.4 Å². The van der Waals surface area contributed by atoms with Gasteiger partial charge in [-0.1, -0.05) is 24.4 Å². The van der Waals surface area contributed by atoms with Crippen LogP contribution in [0.4, 0.5) is 0 Å². The van der Waals surface area contributed by atoms with Gasteiger partial charge in [0, 0.05) is 19.5 Å². The van der Waals surface area contributed by atoms with Gasteiger partial charge in [-0.25, -0.2) is 0 Å². The van der Waals surface area contributed by atoms with Crippen molar-refractivity contribution in [3.63, 3.8) is 0 Å². The van der Waals surface area contributed by atoms with Crippen LogP contribution in [-0.4, -0.2) is 47.3 Å². The van der Waals surface area contributed by atoms with Crippen LogP contribution in [0.5, 0.6) is 5.75 Å². The lowest BCUT2D eigenvalue weighted by atomic mass is 10.1. The molecule has 20 heavy (non-hydrogen) atoms. The number of rotatable bonds is 6. The van der Waals surface area contributed by atoms with Crippen LogP contribution in [-0.2, 0) is 6.42 Å². The highest BCUT2D eigenvalue weighted by molar-refractivity contribution is 7.80. The third kappa shape index (κ3) is 5.07. The predicted octanol–water partition coefficient (Wildman–Crippen LogP) is 1.35. The highest BCUT2D eigenvalue weighted by Crippen LogP contribution is 2.13. The fourth-order valence-corrected chi connectivity index (χ4v) is 2.60. The fourth-order valence-electron chi connectivity index (χ4n) is 2.43. The quantitative estimate of drug-likeness (QED) is 0.776. The highest BCUT2D eigenvalue weighted by Gasteiger charge is 2.16. The van der Waals surface area contributed by atoms with Gasteiger partial charge in [0.05, 0.1) is 11.1 Å². The lowest BCUT2D eigenvalue weighted by Crippen LogP contribution is -2.40. The summed E-state index contributed by atoms with van der Waals surface area (Å²) in [4.78, 5) is 2.75. The van der Waals surface area contributed by atoms with Gasteiger partial charge >= 0.3 is 0 Å². The van der Waals surface area contributed by atoms with E-state index in [9.17, 15) is 5.11 Å². The molecule has 1 fully saturated rings. The molecule has 110 valence electrons. The van der Waals surface area contributed by atoms with E-state index in [2.05, 4.69) is 4.90 Å². The second-order valence-corrected chi connectivity index (χ2v) is 5.76. The topological polar surface area (TPSA) is 58.7 Å². The number of β-amino-alcohol motifs (C(OH)–C–C–N with tert-alkyl or cyclic N) is 1. The fraction of sp³-hybridized carbons (Fsp3) is 0.533. The number of hydrogen-bond acceptors (Lipinski definition) is 4. The molecule has 1 unspecified atom stereocenters. The Hall–Kier alpha value is -1.17. The average molecular weight is 294 g/mol. The van der Waals surface area contributed by atoms with Crippen LogP contribution in [0.2, 0.25) is 0 Å². The number of thiocarbonyl (C=S) groups is 1. The number of ether oxygens (including phenoxy) is 1. The minimum atomic E-state index is -0.178. The molecule has 5 heteroatoms. The van der Waals surface area contributed by atoms with Crippen LogP contribution >= 0.6 is 12.2 Å². The summed E-state index contributed by atoms with van der Waals surface area (Å²) < 4.78 is 5.72. The Morgan fingerprint density at radius 2 is 2.15 bits per heavy atom. The third-order valence-corrected chi connectivity index (χ3v) is 3.60. The maximum atomic E-state index is 9.60. The zero-order chi connectivity index (χ0) is 14.4. The third-order valence-electron chi connectivity index (χ3n) is 3.46. The van der Waals surface area contributed by atoms with Crippen LogP contribution < -0.4 is 10.5 Å². The van der Waals surface area contributed by atoms with Crippen molar-refractivity contribution in [2.24, 2.45) is 5.73 Å². The number of nitrogens with zero attached hydrogens (tertiary/aromatic N) is 1. The van der Waals surface area contributed by atoms with Gasteiger partial charge in [0.25, 0.3) is 0 Å². The van der Waals surface area contributed by atoms with Crippen molar-refractivity contribution in [2.45, 2.75) is 25.4 Å². The van der Waals surface area contributed by atoms with E-state index in [1.165, 1.54) is 0 Å². The van der Waals surface area contributed by atoms with Crippen LogP contribution in [0, 0.1) is 0 Å². The largest absolute Gasteiger partial charge is 0.492 e. The summed E-state index contributed by atoms with van der Waals surface area (Å²) in [6.07, 6.45) is 2.43. The Bertz CT molecular complexity index is 436. The van der Waals surface area contributed by atoms with Gasteiger partial charge in [0.2, 0.25) is 0 Å². The van der Waals surface area contributed by atoms with Crippen molar-refractivity contribution in [1.82, 2.24) is 4.90 Å². The van der Waals surface area contributed by atoms with Crippen LogP contribution in [0.3, 0.4) is 0 Å². The number of nitrogens with two attached hydrogens (primary N) is 1. The lowest BCUT2D eigenvalue weighted by molar-refractivity contribution is 0.0633. The van der Waals surface area contributed by atoms with Gasteiger partial charge in [-0.3, -0.25) is 4.90 Å². The van der Waals surface area contributed by atoms with Gasteiger partial charge in [-0.15, -0.1) is 0 Å². The molecule has 1 atom stereocenters. The number of benzene rings is 1. The van der Waals surface area contributed by atoms with Crippen molar-refractivity contribution < 1.29 is 9.84 Å². The van der Waals surface area contributed by atoms with Crippen LogP contribution in [0.15, 0.2) is 24.3 Å². The molecule has 1 aliphatic rings. The normalized spacial score (nSPS) is 19.8. The molecule has 0 bridgehead atoms. The van der Waals surface area contributed by atoms with Gasteiger partial charge in [-0.05, 0) is 37.1 Å². The van der Waals surface area contributed by atoms with E-state index < -0.39 is 0 Å². The molecular weight excluding hydrogens is 272 g/mol. The van der Waals surface area contributed by atoms with Crippen molar-refractivity contribution in [3.05, 3.63) is 29.8 Å². The van der Waals surface area contributed by atoms with E-state index >= 15 is 0 Å². The molecule has 1 aromatic carbocycles. The summed E-state index contributed by atoms with van der Waals surface area (Å²) in [5.74, 6) is 0.856. The molecule has 0 aromatic heterocycles. The Balaban J connectivity index is 1.72.